The Labute approximate surface area is 259 Å². The van der Waals surface area contributed by atoms with Crippen LogP contribution < -0.4 is 15.5 Å². The Morgan fingerprint density at radius 2 is 1.89 bits per heavy atom. The molecule has 0 amide bonds. The Hall–Kier alpha value is -4.56. The lowest BCUT2D eigenvalue weighted by molar-refractivity contribution is 0.334. The molecule has 4 aromatic rings. The zero-order valence-electron chi connectivity index (χ0n) is 26.3. The van der Waals surface area contributed by atoms with Gasteiger partial charge in [-0.1, -0.05) is 37.5 Å². The van der Waals surface area contributed by atoms with Crippen molar-refractivity contribution in [3.63, 3.8) is 0 Å². The van der Waals surface area contributed by atoms with Crippen molar-refractivity contribution < 1.29 is 4.39 Å². The van der Waals surface area contributed by atoms with Gasteiger partial charge in [0.25, 0.3) is 0 Å². The van der Waals surface area contributed by atoms with Gasteiger partial charge >= 0.3 is 0 Å². The third-order valence-corrected chi connectivity index (χ3v) is 8.15. The van der Waals surface area contributed by atoms with Crippen molar-refractivity contribution in [3.05, 3.63) is 106 Å². The molecule has 0 bridgehead atoms. The second kappa shape index (κ2) is 13.8. The number of benzene rings is 1. The van der Waals surface area contributed by atoms with Gasteiger partial charge in [0.05, 0.1) is 22.9 Å². The lowest BCUT2D eigenvalue weighted by Gasteiger charge is -2.14. The SMILES string of the molecule is C=C/C=C(/c1cc(F)cc(CCCN2CCCC2)c1)c1nc(-c2n[nH]/c(=C/C=C(\C)c3cncc(N(C)C)c3)c2=C)[nH]c1C. The van der Waals surface area contributed by atoms with Gasteiger partial charge in [0.2, 0.25) is 0 Å². The van der Waals surface area contributed by atoms with Crippen LogP contribution in [0.3, 0.4) is 0 Å². The zero-order chi connectivity index (χ0) is 31.2. The molecule has 1 fully saturated rings. The minimum absolute atomic E-state index is 0.248. The molecule has 44 heavy (non-hydrogen) atoms. The quantitative estimate of drug-likeness (QED) is 0.221. The summed E-state index contributed by atoms with van der Waals surface area (Å²) in [6, 6.07) is 7.39. The maximum absolute atomic E-state index is 14.9. The first-order valence-electron chi connectivity index (χ1n) is 15.2. The Balaban J connectivity index is 1.40. The van der Waals surface area contributed by atoms with E-state index >= 15 is 0 Å². The molecule has 0 atom stereocenters. The molecular weight excluding hydrogens is 549 g/mol. The molecule has 0 aliphatic carbocycles. The molecule has 0 unspecified atom stereocenters. The average Bonchev–Trinajstić information content (AvgIpc) is 3.75. The summed E-state index contributed by atoms with van der Waals surface area (Å²) in [6.45, 7) is 15.6. The summed E-state index contributed by atoms with van der Waals surface area (Å²) < 4.78 is 14.9. The maximum atomic E-state index is 14.9. The second-order valence-corrected chi connectivity index (χ2v) is 11.7. The van der Waals surface area contributed by atoms with E-state index in [0.717, 1.165) is 74.9 Å². The molecule has 5 rings (SSSR count). The van der Waals surface area contributed by atoms with Crippen LogP contribution in [0.2, 0.25) is 0 Å². The van der Waals surface area contributed by atoms with E-state index in [1.54, 1.807) is 18.2 Å². The van der Waals surface area contributed by atoms with Crippen molar-refractivity contribution in [1.82, 2.24) is 30.0 Å². The van der Waals surface area contributed by atoms with Gasteiger partial charge in [-0.15, -0.1) is 0 Å². The standard InChI is InChI=1S/C36H42FN7/c1-7-11-32(28-18-27(19-30(37)20-28)12-10-17-44-15-8-9-16-44)35-26(4)39-36(40-35)34-25(3)33(41-42-34)14-13-24(2)29-21-31(43(5)6)23-38-22-29/h7,11,13-14,18-23,41H,1,3,8-10,12,15-17H2,2,4-6H3,(H,39,40)/b24-13+,32-11-,33-14+. The van der Waals surface area contributed by atoms with Crippen LogP contribution in [0.15, 0.2) is 61.5 Å². The number of imidazole rings is 1. The molecule has 2 N–H and O–H groups in total. The van der Waals surface area contributed by atoms with Crippen molar-refractivity contribution in [1.29, 1.82) is 0 Å². The number of halogens is 1. The molecular formula is C36H42FN7. The Bertz CT molecular complexity index is 1800. The highest BCUT2D eigenvalue weighted by atomic mass is 19.1. The third-order valence-electron chi connectivity index (χ3n) is 8.15. The number of nitrogens with zero attached hydrogens (tertiary/aromatic N) is 5. The van der Waals surface area contributed by atoms with Crippen molar-refractivity contribution >= 4 is 29.5 Å². The van der Waals surface area contributed by atoms with Crippen LogP contribution in [0, 0.1) is 12.7 Å². The van der Waals surface area contributed by atoms with Gasteiger partial charge in [0, 0.05) is 36.8 Å². The highest BCUT2D eigenvalue weighted by molar-refractivity contribution is 5.81. The molecule has 1 aromatic carbocycles. The molecule has 3 aromatic heterocycles. The van der Waals surface area contributed by atoms with Crippen LogP contribution in [-0.4, -0.2) is 63.8 Å². The molecule has 7 nitrogen and oxygen atoms in total. The van der Waals surface area contributed by atoms with E-state index in [1.807, 2.05) is 63.5 Å². The van der Waals surface area contributed by atoms with Crippen LogP contribution in [0.25, 0.3) is 35.3 Å². The van der Waals surface area contributed by atoms with Crippen LogP contribution in [0.5, 0.6) is 0 Å². The summed E-state index contributed by atoms with van der Waals surface area (Å²) in [7, 11) is 4.00. The van der Waals surface area contributed by atoms with Gasteiger partial charge in [-0.05, 0) is 106 Å². The van der Waals surface area contributed by atoms with E-state index in [2.05, 4.69) is 50.4 Å². The third kappa shape index (κ3) is 7.14. The number of aryl methyl sites for hydroxylation is 2. The average molecular weight is 592 g/mol. The molecule has 1 saturated heterocycles. The minimum atomic E-state index is -0.248. The highest BCUT2D eigenvalue weighted by Crippen LogP contribution is 2.28. The number of pyridine rings is 1. The topological polar surface area (TPSA) is 76.7 Å². The number of aromatic amines is 2. The number of H-pyrrole nitrogens is 2. The molecule has 1 aliphatic rings. The number of hydrogen-bond acceptors (Lipinski definition) is 5. The van der Waals surface area contributed by atoms with E-state index in [0.29, 0.717) is 11.5 Å². The van der Waals surface area contributed by atoms with Gasteiger partial charge in [0.15, 0.2) is 5.82 Å². The largest absolute Gasteiger partial charge is 0.376 e. The first-order valence-corrected chi connectivity index (χ1v) is 15.2. The number of hydrogen-bond donors (Lipinski definition) is 2. The van der Waals surface area contributed by atoms with Gasteiger partial charge in [-0.3, -0.25) is 10.1 Å². The summed E-state index contributed by atoms with van der Waals surface area (Å²) in [6.07, 6.45) is 15.7. The number of nitrogens with one attached hydrogen (secondary N) is 2. The van der Waals surface area contributed by atoms with Crippen LogP contribution in [0.4, 0.5) is 10.1 Å². The predicted molar refractivity (Wildman–Crippen MR) is 180 cm³/mol. The summed E-state index contributed by atoms with van der Waals surface area (Å²) in [4.78, 5) is 17.2. The van der Waals surface area contributed by atoms with E-state index in [1.165, 1.54) is 25.9 Å². The summed E-state index contributed by atoms with van der Waals surface area (Å²) in [5.74, 6) is 0.348. The van der Waals surface area contributed by atoms with Crippen molar-refractivity contribution in [2.24, 2.45) is 0 Å². The molecule has 228 valence electrons. The molecule has 0 saturated carbocycles. The normalized spacial score (nSPS) is 14.9. The molecule has 0 spiro atoms. The Kier molecular flexibility index (Phi) is 9.70. The van der Waals surface area contributed by atoms with Gasteiger partial charge in [-0.2, -0.15) is 5.10 Å². The Morgan fingerprint density at radius 1 is 1.09 bits per heavy atom. The number of anilines is 1. The van der Waals surface area contributed by atoms with Gasteiger partial charge < -0.3 is 14.8 Å². The fourth-order valence-corrected chi connectivity index (χ4v) is 5.63. The van der Waals surface area contributed by atoms with Crippen LogP contribution in [0.1, 0.15) is 54.3 Å². The van der Waals surface area contributed by atoms with E-state index < -0.39 is 0 Å². The van der Waals surface area contributed by atoms with Gasteiger partial charge in [-0.25, -0.2) is 9.37 Å². The highest BCUT2D eigenvalue weighted by Gasteiger charge is 2.18. The minimum Gasteiger partial charge on any atom is -0.376 e. The number of aromatic nitrogens is 5. The molecule has 0 radical (unpaired) electrons. The lowest BCUT2D eigenvalue weighted by Crippen LogP contribution is -2.21. The maximum Gasteiger partial charge on any atom is 0.159 e. The fourth-order valence-electron chi connectivity index (χ4n) is 5.63. The van der Waals surface area contributed by atoms with E-state index in [4.69, 9.17) is 4.98 Å². The fraction of sp³-hybridized carbons (Fsp3) is 0.306. The van der Waals surface area contributed by atoms with Crippen molar-refractivity contribution in [2.75, 3.05) is 38.6 Å². The smallest absolute Gasteiger partial charge is 0.159 e. The van der Waals surface area contributed by atoms with Gasteiger partial charge in [0.1, 0.15) is 11.5 Å². The predicted octanol–water partition coefficient (Wildman–Crippen LogP) is 5.65. The molecule has 4 heterocycles. The monoisotopic (exact) mass is 591 g/mol. The van der Waals surface area contributed by atoms with E-state index in [-0.39, 0.29) is 5.82 Å². The van der Waals surface area contributed by atoms with Crippen LogP contribution in [-0.2, 0) is 6.42 Å². The molecule has 1 aliphatic heterocycles. The zero-order valence-corrected chi connectivity index (χ0v) is 26.3. The first kappa shape index (κ1) is 30.9. The second-order valence-electron chi connectivity index (χ2n) is 11.7. The summed E-state index contributed by atoms with van der Waals surface area (Å²) in [5, 5.41) is 9.16. The number of likely N-dealkylation sites (tertiary alicyclic amines) is 1. The van der Waals surface area contributed by atoms with Crippen molar-refractivity contribution in [2.45, 2.75) is 39.5 Å². The Morgan fingerprint density at radius 3 is 2.64 bits per heavy atom. The summed E-state index contributed by atoms with van der Waals surface area (Å²) in [5.41, 5.74) is 7.93. The summed E-state index contributed by atoms with van der Waals surface area (Å²) >= 11 is 0. The van der Waals surface area contributed by atoms with E-state index in [9.17, 15) is 4.39 Å². The number of rotatable bonds is 11. The lowest BCUT2D eigenvalue weighted by atomic mass is 9.97. The first-order chi connectivity index (χ1) is 21.2. The van der Waals surface area contributed by atoms with Crippen molar-refractivity contribution in [3.8, 4) is 11.5 Å². The number of allylic oxidation sites excluding steroid dienone is 4. The molecule has 8 heteroatoms. The van der Waals surface area contributed by atoms with Crippen LogP contribution >= 0.6 is 0 Å².